The average Bonchev–Trinajstić information content (AvgIpc) is 3.12. The van der Waals surface area contributed by atoms with Crippen molar-refractivity contribution in [3.8, 4) is 0 Å². The molecular weight excluding hydrogens is 340 g/mol. The number of hydrogen-bond acceptors (Lipinski definition) is 6. The normalized spacial score (nSPS) is 19.5. The molecule has 2 aromatic heterocycles. The van der Waals surface area contributed by atoms with Crippen LogP contribution >= 0.6 is 0 Å². The maximum atomic E-state index is 11.8. The molecule has 0 saturated carbocycles. The number of nitrogens with zero attached hydrogens (tertiary/aromatic N) is 4. The fourth-order valence-electron chi connectivity index (χ4n) is 3.47. The van der Waals surface area contributed by atoms with E-state index in [2.05, 4.69) is 10.1 Å². The van der Waals surface area contributed by atoms with Crippen LogP contribution in [0.25, 0.3) is 16.6 Å². The van der Waals surface area contributed by atoms with Crippen LogP contribution in [-0.2, 0) is 9.84 Å². The van der Waals surface area contributed by atoms with E-state index >= 15 is 0 Å². The number of anilines is 1. The summed E-state index contributed by atoms with van der Waals surface area (Å²) < 4.78 is 25.4. The molecule has 0 radical (unpaired) electrons. The number of aryl methyl sites for hydroxylation is 1. The first kappa shape index (κ1) is 16.0. The highest BCUT2D eigenvalue weighted by molar-refractivity contribution is 7.91. The quantitative estimate of drug-likeness (QED) is 0.662. The number of hydrogen-bond donors (Lipinski definition) is 0. The third kappa shape index (κ3) is 2.48. The first-order valence-corrected chi connectivity index (χ1v) is 9.90. The van der Waals surface area contributed by atoms with Gasteiger partial charge in [-0.2, -0.15) is 5.10 Å². The van der Waals surface area contributed by atoms with Crippen molar-refractivity contribution in [2.75, 3.05) is 23.5 Å². The van der Waals surface area contributed by atoms with Crippen LogP contribution in [0, 0.1) is 6.92 Å². The number of para-hydroxylation sites is 1. The molecule has 1 aromatic carbocycles. The number of aldehydes is 1. The first-order chi connectivity index (χ1) is 11.9. The van der Waals surface area contributed by atoms with E-state index < -0.39 is 9.84 Å². The van der Waals surface area contributed by atoms with E-state index in [4.69, 9.17) is 0 Å². The molecule has 0 amide bonds. The molecule has 130 valence electrons. The molecule has 0 N–H and O–H groups in total. The maximum absolute atomic E-state index is 11.8. The number of benzene rings is 1. The van der Waals surface area contributed by atoms with Gasteiger partial charge in [-0.1, -0.05) is 12.1 Å². The van der Waals surface area contributed by atoms with Gasteiger partial charge in [-0.05, 0) is 25.5 Å². The highest BCUT2D eigenvalue weighted by atomic mass is 32.2. The van der Waals surface area contributed by atoms with Crippen molar-refractivity contribution < 1.29 is 13.2 Å². The zero-order chi connectivity index (χ0) is 17.8. The number of rotatable bonds is 3. The monoisotopic (exact) mass is 358 g/mol. The van der Waals surface area contributed by atoms with Gasteiger partial charge >= 0.3 is 0 Å². The van der Waals surface area contributed by atoms with E-state index in [1.54, 1.807) is 11.4 Å². The van der Waals surface area contributed by atoms with Crippen molar-refractivity contribution in [1.29, 1.82) is 0 Å². The zero-order valence-electron chi connectivity index (χ0n) is 14.0. The van der Waals surface area contributed by atoms with E-state index in [-0.39, 0.29) is 17.5 Å². The van der Waals surface area contributed by atoms with E-state index in [0.29, 0.717) is 29.1 Å². The van der Waals surface area contributed by atoms with E-state index in [1.807, 2.05) is 36.2 Å². The minimum atomic E-state index is -3.00. The molecule has 4 rings (SSSR count). The SMILES string of the molecule is Cc1nn2c(nc(N(C)[C@@H]3CCS(=O)(=O)C3)c3ccccc32)c1C=O. The van der Waals surface area contributed by atoms with Crippen molar-refractivity contribution in [2.45, 2.75) is 19.4 Å². The Morgan fingerprint density at radius 3 is 2.76 bits per heavy atom. The van der Waals surface area contributed by atoms with Gasteiger partial charge in [-0.15, -0.1) is 0 Å². The number of carbonyl (C=O) groups excluding carboxylic acids is 1. The van der Waals surface area contributed by atoms with Crippen LogP contribution in [0.5, 0.6) is 0 Å². The summed E-state index contributed by atoms with van der Waals surface area (Å²) in [6, 6.07) is 7.56. The minimum Gasteiger partial charge on any atom is -0.355 e. The summed E-state index contributed by atoms with van der Waals surface area (Å²) in [5.74, 6) is 1.00. The van der Waals surface area contributed by atoms with Gasteiger partial charge in [0.1, 0.15) is 5.82 Å². The largest absolute Gasteiger partial charge is 0.355 e. The molecule has 3 heterocycles. The van der Waals surface area contributed by atoms with E-state index in [9.17, 15) is 13.2 Å². The summed E-state index contributed by atoms with van der Waals surface area (Å²) in [5, 5.41) is 5.32. The summed E-state index contributed by atoms with van der Waals surface area (Å²) >= 11 is 0. The Balaban J connectivity index is 1.97. The summed E-state index contributed by atoms with van der Waals surface area (Å²) in [7, 11) is -1.13. The second-order valence-electron chi connectivity index (χ2n) is 6.47. The van der Waals surface area contributed by atoms with Crippen LogP contribution in [0.2, 0.25) is 0 Å². The second-order valence-corrected chi connectivity index (χ2v) is 8.70. The lowest BCUT2D eigenvalue weighted by Crippen LogP contribution is -2.33. The maximum Gasteiger partial charge on any atom is 0.168 e. The van der Waals surface area contributed by atoms with Crippen molar-refractivity contribution >= 4 is 38.5 Å². The Morgan fingerprint density at radius 1 is 1.32 bits per heavy atom. The molecule has 8 heteroatoms. The molecule has 3 aromatic rings. The van der Waals surface area contributed by atoms with Gasteiger partial charge < -0.3 is 4.90 Å². The fraction of sp³-hybridized carbons (Fsp3) is 0.353. The van der Waals surface area contributed by atoms with Crippen molar-refractivity contribution in [2.24, 2.45) is 0 Å². The Hall–Kier alpha value is -2.48. The summed E-state index contributed by atoms with van der Waals surface area (Å²) in [6.45, 7) is 1.78. The number of sulfone groups is 1. The van der Waals surface area contributed by atoms with Crippen LogP contribution in [0.1, 0.15) is 22.5 Å². The van der Waals surface area contributed by atoms with E-state index in [1.165, 1.54) is 0 Å². The molecule has 1 atom stereocenters. The predicted octanol–water partition coefficient (Wildman–Crippen LogP) is 1.63. The van der Waals surface area contributed by atoms with Gasteiger partial charge in [-0.3, -0.25) is 4.79 Å². The molecule has 1 aliphatic heterocycles. The molecule has 1 fully saturated rings. The molecule has 7 nitrogen and oxygen atoms in total. The average molecular weight is 358 g/mol. The van der Waals surface area contributed by atoms with Crippen molar-refractivity contribution in [1.82, 2.24) is 14.6 Å². The molecule has 0 unspecified atom stereocenters. The topological polar surface area (TPSA) is 84.6 Å². The molecule has 1 saturated heterocycles. The standard InChI is InChI=1S/C17H18N4O3S/c1-11-14(9-22)17-18-16(20(2)12-7-8-25(23,24)10-12)13-5-3-4-6-15(13)21(17)19-11/h3-6,9,12H,7-8,10H2,1-2H3/t12-/m1/s1. The molecule has 0 aliphatic carbocycles. The zero-order valence-corrected chi connectivity index (χ0v) is 14.8. The number of fused-ring (bicyclic) bond motifs is 3. The Labute approximate surface area is 145 Å². The smallest absolute Gasteiger partial charge is 0.168 e. The Morgan fingerprint density at radius 2 is 2.08 bits per heavy atom. The first-order valence-electron chi connectivity index (χ1n) is 8.08. The number of carbonyl (C=O) groups is 1. The highest BCUT2D eigenvalue weighted by Crippen LogP contribution is 2.30. The van der Waals surface area contributed by atoms with Crippen molar-refractivity contribution in [3.63, 3.8) is 0 Å². The third-order valence-corrected chi connectivity index (χ3v) is 6.62. The minimum absolute atomic E-state index is 0.118. The summed E-state index contributed by atoms with van der Waals surface area (Å²) in [6.07, 6.45) is 1.35. The lowest BCUT2D eigenvalue weighted by Gasteiger charge is -2.26. The van der Waals surface area contributed by atoms with Gasteiger partial charge in [0.15, 0.2) is 21.8 Å². The third-order valence-electron chi connectivity index (χ3n) is 4.87. The van der Waals surface area contributed by atoms with Crippen LogP contribution in [0.15, 0.2) is 24.3 Å². The van der Waals surface area contributed by atoms with Gasteiger partial charge in [-0.25, -0.2) is 17.9 Å². The fourth-order valence-corrected chi connectivity index (χ4v) is 5.25. The van der Waals surface area contributed by atoms with Gasteiger partial charge in [0, 0.05) is 18.5 Å². The molecule has 1 aliphatic rings. The van der Waals surface area contributed by atoms with Crippen molar-refractivity contribution in [3.05, 3.63) is 35.5 Å². The number of aromatic nitrogens is 3. The highest BCUT2D eigenvalue weighted by Gasteiger charge is 2.32. The Kier molecular flexibility index (Phi) is 3.54. The lowest BCUT2D eigenvalue weighted by atomic mass is 10.1. The van der Waals surface area contributed by atoms with Gasteiger partial charge in [0.05, 0.1) is 28.3 Å². The lowest BCUT2D eigenvalue weighted by molar-refractivity contribution is 0.112. The van der Waals surface area contributed by atoms with Gasteiger partial charge in [0.25, 0.3) is 0 Å². The summed E-state index contributed by atoms with van der Waals surface area (Å²) in [5.41, 5.74) is 2.41. The molecule has 25 heavy (non-hydrogen) atoms. The van der Waals surface area contributed by atoms with Crippen LogP contribution in [0.4, 0.5) is 5.82 Å². The van der Waals surface area contributed by atoms with Crippen LogP contribution in [-0.4, -0.2) is 53.9 Å². The van der Waals surface area contributed by atoms with Gasteiger partial charge in [0.2, 0.25) is 0 Å². The second kappa shape index (κ2) is 5.52. The molecule has 0 spiro atoms. The van der Waals surface area contributed by atoms with Crippen LogP contribution in [0.3, 0.4) is 0 Å². The summed E-state index contributed by atoms with van der Waals surface area (Å²) in [4.78, 5) is 18.1. The Bertz CT molecular complexity index is 1100. The van der Waals surface area contributed by atoms with E-state index in [0.717, 1.165) is 17.2 Å². The van der Waals surface area contributed by atoms with Crippen LogP contribution < -0.4 is 4.90 Å². The molecule has 0 bridgehead atoms. The molecular formula is C17H18N4O3S. The predicted molar refractivity (Wildman–Crippen MR) is 96.1 cm³/mol.